The molecule has 3 heterocycles. The second kappa shape index (κ2) is 6.79. The number of anilines is 1. The van der Waals surface area contributed by atoms with Crippen LogP contribution in [-0.4, -0.2) is 27.9 Å². The van der Waals surface area contributed by atoms with Gasteiger partial charge in [0.25, 0.3) is 5.91 Å². The van der Waals surface area contributed by atoms with Crippen molar-refractivity contribution in [1.29, 1.82) is 0 Å². The van der Waals surface area contributed by atoms with E-state index in [0.717, 1.165) is 10.7 Å². The van der Waals surface area contributed by atoms with E-state index in [-0.39, 0.29) is 10.7 Å². The van der Waals surface area contributed by atoms with E-state index in [2.05, 4.69) is 10.4 Å². The lowest BCUT2D eigenvalue weighted by atomic mass is 9.89. The average Bonchev–Trinajstić information content (AvgIpc) is 3.31. The Kier molecular flexibility index (Phi) is 4.68. The first-order chi connectivity index (χ1) is 13.1. The van der Waals surface area contributed by atoms with Gasteiger partial charge in [0.15, 0.2) is 5.69 Å². The molecule has 2 aromatic rings. The predicted octanol–water partition coefficient (Wildman–Crippen LogP) is 4.70. The van der Waals surface area contributed by atoms with Crippen molar-refractivity contribution < 1.29 is 22.7 Å². The fourth-order valence-corrected chi connectivity index (χ4v) is 3.91. The zero-order chi connectivity index (χ0) is 20.2. The van der Waals surface area contributed by atoms with Gasteiger partial charge in [-0.3, -0.25) is 9.48 Å². The Balaban J connectivity index is 1.73. The maximum absolute atomic E-state index is 13.0. The van der Waals surface area contributed by atoms with Gasteiger partial charge in [-0.15, -0.1) is 0 Å². The standard InChI is InChI=1S/C18H14Cl2F3N3O2/c1-26-11(7-14(25-26)18(21,22)23)15-12-4-5-13(28-12)16(15)17(27)24-8-2-3-9(19)10(20)6-8/h2-3,6-7,12-13H,4-5H2,1H3,(H,24,27)/t12-,13+/m0/s1. The molecule has 4 rings (SSSR count). The molecule has 0 saturated carbocycles. The number of rotatable bonds is 3. The molecule has 2 atom stereocenters. The number of benzene rings is 1. The number of ether oxygens (including phenoxy) is 1. The zero-order valence-electron chi connectivity index (χ0n) is 14.5. The van der Waals surface area contributed by atoms with Crippen LogP contribution < -0.4 is 5.32 Å². The smallest absolute Gasteiger partial charge is 0.365 e. The van der Waals surface area contributed by atoms with Crippen LogP contribution in [0.3, 0.4) is 0 Å². The largest absolute Gasteiger partial charge is 0.435 e. The van der Waals surface area contributed by atoms with Crippen LogP contribution in [0.4, 0.5) is 18.9 Å². The van der Waals surface area contributed by atoms with Gasteiger partial charge < -0.3 is 10.1 Å². The summed E-state index contributed by atoms with van der Waals surface area (Å²) in [6.45, 7) is 0. The van der Waals surface area contributed by atoms with Crippen LogP contribution >= 0.6 is 23.2 Å². The Bertz CT molecular complexity index is 1000. The summed E-state index contributed by atoms with van der Waals surface area (Å²) in [6, 6.07) is 5.59. The normalized spacial score (nSPS) is 21.5. The summed E-state index contributed by atoms with van der Waals surface area (Å²) in [5, 5.41) is 6.89. The van der Waals surface area contributed by atoms with Crippen molar-refractivity contribution in [3.63, 3.8) is 0 Å². The molecule has 2 aliphatic heterocycles. The second-order valence-electron chi connectivity index (χ2n) is 6.64. The van der Waals surface area contributed by atoms with Crippen molar-refractivity contribution >= 4 is 40.4 Å². The van der Waals surface area contributed by atoms with Crippen LogP contribution in [0.25, 0.3) is 5.57 Å². The molecule has 0 radical (unpaired) electrons. The van der Waals surface area contributed by atoms with Crippen molar-refractivity contribution in [3.8, 4) is 0 Å². The number of nitrogens with zero attached hydrogens (tertiary/aromatic N) is 2. The Labute approximate surface area is 168 Å². The van der Waals surface area contributed by atoms with E-state index in [1.165, 1.54) is 13.1 Å². The van der Waals surface area contributed by atoms with Gasteiger partial charge in [0.05, 0.1) is 33.5 Å². The van der Waals surface area contributed by atoms with E-state index < -0.39 is 30.0 Å². The number of halogens is 5. The topological polar surface area (TPSA) is 56.2 Å². The van der Waals surface area contributed by atoms with Crippen LogP contribution in [0.1, 0.15) is 24.2 Å². The van der Waals surface area contributed by atoms with Crippen LogP contribution in [0, 0.1) is 0 Å². The second-order valence-corrected chi connectivity index (χ2v) is 7.45. The summed E-state index contributed by atoms with van der Waals surface area (Å²) in [7, 11) is 1.41. The van der Waals surface area contributed by atoms with Crippen LogP contribution in [0.5, 0.6) is 0 Å². The van der Waals surface area contributed by atoms with E-state index >= 15 is 0 Å². The molecular weight excluding hydrogens is 418 g/mol. The van der Waals surface area contributed by atoms with E-state index in [0.29, 0.717) is 34.7 Å². The Morgan fingerprint density at radius 1 is 1.21 bits per heavy atom. The van der Waals surface area contributed by atoms with Gasteiger partial charge in [0, 0.05) is 18.3 Å². The van der Waals surface area contributed by atoms with Crippen LogP contribution in [-0.2, 0) is 22.8 Å². The fraction of sp³-hybridized carbons (Fsp3) is 0.333. The summed E-state index contributed by atoms with van der Waals surface area (Å²) in [5.41, 5.74) is 0.400. The number of carbonyl (C=O) groups is 1. The number of carbonyl (C=O) groups excluding carboxylic acids is 1. The maximum Gasteiger partial charge on any atom is 0.435 e. The van der Waals surface area contributed by atoms with E-state index in [1.54, 1.807) is 12.1 Å². The number of hydrogen-bond donors (Lipinski definition) is 1. The minimum atomic E-state index is -4.57. The minimum absolute atomic E-state index is 0.221. The van der Waals surface area contributed by atoms with E-state index in [4.69, 9.17) is 27.9 Å². The van der Waals surface area contributed by atoms with Gasteiger partial charge in [0.2, 0.25) is 0 Å². The number of amides is 1. The molecule has 10 heteroatoms. The molecule has 5 nitrogen and oxygen atoms in total. The molecule has 1 aromatic heterocycles. The maximum atomic E-state index is 13.0. The Morgan fingerprint density at radius 2 is 1.93 bits per heavy atom. The lowest BCUT2D eigenvalue weighted by Crippen LogP contribution is -2.23. The highest BCUT2D eigenvalue weighted by molar-refractivity contribution is 6.42. The zero-order valence-corrected chi connectivity index (χ0v) is 16.0. The van der Waals surface area contributed by atoms with Gasteiger partial charge in [0.1, 0.15) is 0 Å². The minimum Gasteiger partial charge on any atom is -0.365 e. The lowest BCUT2D eigenvalue weighted by Gasteiger charge is -2.17. The van der Waals surface area contributed by atoms with Crippen LogP contribution in [0.15, 0.2) is 29.8 Å². The van der Waals surface area contributed by atoms with Gasteiger partial charge in [-0.25, -0.2) is 0 Å². The SMILES string of the molecule is Cn1nc(C(F)(F)F)cc1C1=C(C(=O)Nc2ccc(Cl)c(Cl)c2)[C@H]2CC[C@@H]1O2. The highest BCUT2D eigenvalue weighted by Crippen LogP contribution is 2.45. The Morgan fingerprint density at radius 3 is 2.57 bits per heavy atom. The molecule has 28 heavy (non-hydrogen) atoms. The molecule has 1 amide bonds. The molecule has 2 aliphatic rings. The number of aryl methyl sites for hydroxylation is 1. The van der Waals surface area contributed by atoms with Crippen molar-refractivity contribution in [1.82, 2.24) is 9.78 Å². The molecule has 0 unspecified atom stereocenters. The summed E-state index contributed by atoms with van der Waals surface area (Å²) in [6.07, 6.45) is -4.21. The molecule has 1 aromatic carbocycles. The number of hydrogen-bond acceptors (Lipinski definition) is 3. The molecule has 1 fully saturated rings. The highest BCUT2D eigenvalue weighted by atomic mass is 35.5. The van der Waals surface area contributed by atoms with Gasteiger partial charge >= 0.3 is 6.18 Å². The van der Waals surface area contributed by atoms with Crippen molar-refractivity contribution in [2.24, 2.45) is 7.05 Å². The number of alkyl halides is 3. The Hall–Kier alpha value is -2.03. The predicted molar refractivity (Wildman–Crippen MR) is 98.1 cm³/mol. The first-order valence-electron chi connectivity index (χ1n) is 8.42. The number of nitrogens with one attached hydrogen (secondary N) is 1. The highest BCUT2D eigenvalue weighted by Gasteiger charge is 2.45. The van der Waals surface area contributed by atoms with Crippen molar-refractivity contribution in [2.75, 3.05) is 5.32 Å². The molecular formula is C18H14Cl2F3N3O2. The van der Waals surface area contributed by atoms with E-state index in [9.17, 15) is 18.0 Å². The first-order valence-corrected chi connectivity index (χ1v) is 9.18. The molecule has 0 aliphatic carbocycles. The quantitative estimate of drug-likeness (QED) is 0.765. The number of fused-ring (bicyclic) bond motifs is 2. The van der Waals surface area contributed by atoms with Crippen molar-refractivity contribution in [2.45, 2.75) is 31.2 Å². The molecule has 148 valence electrons. The third kappa shape index (κ3) is 3.29. The first kappa shape index (κ1) is 19.3. The third-order valence-electron chi connectivity index (χ3n) is 4.82. The molecule has 2 bridgehead atoms. The molecule has 1 saturated heterocycles. The summed E-state index contributed by atoms with van der Waals surface area (Å²) in [4.78, 5) is 12.9. The fourth-order valence-electron chi connectivity index (χ4n) is 3.61. The van der Waals surface area contributed by atoms with Gasteiger partial charge in [-0.05, 0) is 37.1 Å². The van der Waals surface area contributed by atoms with Gasteiger partial charge in [-0.1, -0.05) is 23.2 Å². The van der Waals surface area contributed by atoms with E-state index in [1.807, 2.05) is 0 Å². The number of aromatic nitrogens is 2. The summed E-state index contributed by atoms with van der Waals surface area (Å²) in [5.74, 6) is -0.449. The summed E-state index contributed by atoms with van der Waals surface area (Å²) >= 11 is 11.9. The van der Waals surface area contributed by atoms with Gasteiger partial charge in [-0.2, -0.15) is 18.3 Å². The van der Waals surface area contributed by atoms with Crippen LogP contribution in [0.2, 0.25) is 10.0 Å². The molecule has 0 spiro atoms. The summed E-state index contributed by atoms with van der Waals surface area (Å²) < 4.78 is 46.1. The average molecular weight is 432 g/mol. The molecule has 1 N–H and O–H groups in total. The third-order valence-corrected chi connectivity index (χ3v) is 5.56. The van der Waals surface area contributed by atoms with Crippen molar-refractivity contribution in [3.05, 3.63) is 51.3 Å². The lowest BCUT2D eigenvalue weighted by molar-refractivity contribution is -0.141. The monoisotopic (exact) mass is 431 g/mol.